The number of carbonyl (C=O) groups is 3. The van der Waals surface area contributed by atoms with Gasteiger partial charge in [-0.15, -0.1) is 0 Å². The van der Waals surface area contributed by atoms with Gasteiger partial charge in [0.15, 0.2) is 6.10 Å². The molecule has 0 radical (unpaired) electrons. The van der Waals surface area contributed by atoms with Gasteiger partial charge in [0.25, 0.3) is 5.91 Å². The van der Waals surface area contributed by atoms with Crippen LogP contribution in [0.1, 0.15) is 0 Å². The van der Waals surface area contributed by atoms with Crippen molar-refractivity contribution in [2.24, 2.45) is 11.7 Å². The molecule has 1 aromatic rings. The molecule has 0 spiro atoms. The summed E-state index contributed by atoms with van der Waals surface area (Å²) in [7, 11) is 1.40. The minimum atomic E-state index is -0.930. The highest BCUT2D eigenvalue weighted by Crippen LogP contribution is 2.36. The SMILES string of the molecule is CN1C(=O)[C@H]2[C@@H](NC(=O)CN)N(c3ccccc3)O[C@H]2C1=O. The van der Waals surface area contributed by atoms with Gasteiger partial charge in [0, 0.05) is 7.05 Å². The van der Waals surface area contributed by atoms with Crippen molar-refractivity contribution in [2.75, 3.05) is 18.7 Å². The van der Waals surface area contributed by atoms with E-state index in [2.05, 4.69) is 5.32 Å². The fourth-order valence-electron chi connectivity index (χ4n) is 2.72. The second kappa shape index (κ2) is 5.39. The largest absolute Gasteiger partial charge is 0.332 e. The quantitative estimate of drug-likeness (QED) is 0.681. The number of benzene rings is 1. The maximum absolute atomic E-state index is 12.3. The molecule has 8 nitrogen and oxygen atoms in total. The molecule has 0 bridgehead atoms. The van der Waals surface area contributed by atoms with Crippen LogP contribution in [-0.2, 0) is 19.2 Å². The Morgan fingerprint density at radius 2 is 1.95 bits per heavy atom. The minimum absolute atomic E-state index is 0.214. The van der Waals surface area contributed by atoms with E-state index in [0.29, 0.717) is 5.69 Å². The number of fused-ring (bicyclic) bond motifs is 1. The smallest absolute Gasteiger partial charge is 0.261 e. The van der Waals surface area contributed by atoms with Gasteiger partial charge in [-0.3, -0.25) is 24.1 Å². The Morgan fingerprint density at radius 1 is 1.27 bits per heavy atom. The first-order valence-corrected chi connectivity index (χ1v) is 6.86. The van der Waals surface area contributed by atoms with E-state index < -0.39 is 30.0 Å². The summed E-state index contributed by atoms with van der Waals surface area (Å²) in [5.41, 5.74) is 5.97. The Hall–Kier alpha value is -2.45. The number of carbonyl (C=O) groups excluding carboxylic acids is 3. The summed E-state index contributed by atoms with van der Waals surface area (Å²) in [5, 5.41) is 4.05. The van der Waals surface area contributed by atoms with Crippen LogP contribution in [0, 0.1) is 5.92 Å². The topological polar surface area (TPSA) is 105 Å². The number of amides is 3. The highest BCUT2D eigenvalue weighted by molar-refractivity contribution is 6.07. The third-order valence-corrected chi connectivity index (χ3v) is 3.84. The number of hydrogen-bond acceptors (Lipinski definition) is 6. The highest BCUT2D eigenvalue weighted by atomic mass is 16.7. The fourth-order valence-corrected chi connectivity index (χ4v) is 2.72. The van der Waals surface area contributed by atoms with Crippen molar-refractivity contribution in [3.8, 4) is 0 Å². The molecule has 2 saturated heterocycles. The van der Waals surface area contributed by atoms with E-state index in [9.17, 15) is 14.4 Å². The monoisotopic (exact) mass is 304 g/mol. The highest BCUT2D eigenvalue weighted by Gasteiger charge is 2.59. The van der Waals surface area contributed by atoms with Gasteiger partial charge in [0.05, 0.1) is 12.2 Å². The number of hydroxylamine groups is 1. The van der Waals surface area contributed by atoms with E-state index >= 15 is 0 Å². The maximum Gasteiger partial charge on any atom is 0.261 e. The molecule has 0 aromatic heterocycles. The fraction of sp³-hybridized carbons (Fsp3) is 0.357. The summed E-state index contributed by atoms with van der Waals surface area (Å²) in [6.07, 6.45) is -1.70. The molecule has 116 valence electrons. The van der Waals surface area contributed by atoms with E-state index in [0.717, 1.165) is 4.90 Å². The zero-order chi connectivity index (χ0) is 15.9. The van der Waals surface area contributed by atoms with Crippen LogP contribution in [0.5, 0.6) is 0 Å². The molecule has 2 fully saturated rings. The number of likely N-dealkylation sites (N-methyl/N-ethyl adjacent to an activating group) is 1. The molecule has 3 atom stereocenters. The third kappa shape index (κ3) is 2.13. The van der Waals surface area contributed by atoms with E-state index in [-0.39, 0.29) is 12.5 Å². The molecule has 2 heterocycles. The van der Waals surface area contributed by atoms with Crippen LogP contribution in [0.2, 0.25) is 0 Å². The Balaban J connectivity index is 1.96. The third-order valence-electron chi connectivity index (χ3n) is 3.84. The van der Waals surface area contributed by atoms with Gasteiger partial charge >= 0.3 is 0 Å². The lowest BCUT2D eigenvalue weighted by Gasteiger charge is -2.28. The normalized spacial score (nSPS) is 27.3. The number of nitrogens with two attached hydrogens (primary N) is 1. The van der Waals surface area contributed by atoms with Crippen molar-refractivity contribution in [1.29, 1.82) is 0 Å². The zero-order valence-electron chi connectivity index (χ0n) is 11.9. The molecule has 0 aliphatic carbocycles. The number of imide groups is 1. The van der Waals surface area contributed by atoms with Gasteiger partial charge in [0.2, 0.25) is 11.8 Å². The van der Waals surface area contributed by atoms with Crippen molar-refractivity contribution < 1.29 is 19.2 Å². The van der Waals surface area contributed by atoms with Gasteiger partial charge in [0.1, 0.15) is 12.1 Å². The maximum atomic E-state index is 12.3. The average molecular weight is 304 g/mol. The van der Waals surface area contributed by atoms with Crippen molar-refractivity contribution in [3.63, 3.8) is 0 Å². The van der Waals surface area contributed by atoms with Gasteiger partial charge < -0.3 is 11.1 Å². The molecule has 2 aliphatic heterocycles. The molecule has 0 saturated carbocycles. The molecule has 8 heteroatoms. The number of hydrogen-bond donors (Lipinski definition) is 2. The van der Waals surface area contributed by atoms with Crippen LogP contribution in [0.4, 0.5) is 5.69 Å². The predicted octanol–water partition coefficient (Wildman–Crippen LogP) is -1.18. The summed E-state index contributed by atoms with van der Waals surface area (Å²) in [4.78, 5) is 42.7. The summed E-state index contributed by atoms with van der Waals surface area (Å²) in [6.45, 7) is -0.214. The number of para-hydroxylation sites is 1. The first kappa shape index (κ1) is 14.5. The summed E-state index contributed by atoms with van der Waals surface area (Å²) >= 11 is 0. The molecular formula is C14H16N4O4. The number of anilines is 1. The number of likely N-dealkylation sites (tertiary alicyclic amines) is 1. The van der Waals surface area contributed by atoms with Crippen LogP contribution < -0.4 is 16.1 Å². The van der Waals surface area contributed by atoms with Crippen molar-refractivity contribution in [1.82, 2.24) is 10.2 Å². The second-order valence-corrected chi connectivity index (χ2v) is 5.17. The van der Waals surface area contributed by atoms with E-state index in [1.165, 1.54) is 12.1 Å². The zero-order valence-corrected chi connectivity index (χ0v) is 11.9. The molecule has 0 unspecified atom stereocenters. The van der Waals surface area contributed by atoms with Crippen molar-refractivity contribution >= 4 is 23.4 Å². The average Bonchev–Trinajstić information content (AvgIpc) is 3.01. The van der Waals surface area contributed by atoms with Crippen molar-refractivity contribution in [3.05, 3.63) is 30.3 Å². The molecule has 2 aliphatic rings. The molecule has 3 rings (SSSR count). The van der Waals surface area contributed by atoms with Crippen molar-refractivity contribution in [2.45, 2.75) is 12.3 Å². The molecule has 22 heavy (non-hydrogen) atoms. The Kier molecular flexibility index (Phi) is 3.55. The predicted molar refractivity (Wildman–Crippen MR) is 76.0 cm³/mol. The first-order chi connectivity index (χ1) is 10.5. The lowest BCUT2D eigenvalue weighted by molar-refractivity contribution is -0.141. The van der Waals surface area contributed by atoms with Crippen LogP contribution in [-0.4, -0.2) is 48.5 Å². The van der Waals surface area contributed by atoms with E-state index in [1.807, 2.05) is 6.07 Å². The number of rotatable bonds is 3. The Bertz CT molecular complexity index is 621. The lowest BCUT2D eigenvalue weighted by Crippen LogP contribution is -2.51. The lowest BCUT2D eigenvalue weighted by atomic mass is 10.0. The minimum Gasteiger partial charge on any atom is -0.332 e. The number of nitrogens with one attached hydrogen (secondary N) is 1. The van der Waals surface area contributed by atoms with E-state index in [1.54, 1.807) is 24.3 Å². The Labute approximate surface area is 126 Å². The Morgan fingerprint density at radius 3 is 2.59 bits per heavy atom. The standard InChI is InChI=1S/C14H16N4O4/c1-17-13(20)10-11(14(17)21)22-18(8-5-3-2-4-6-8)12(10)16-9(19)7-15/h2-6,10-12H,7,15H2,1H3,(H,16,19)/t10-,11-,12+/m1/s1. The molecular weight excluding hydrogens is 288 g/mol. The summed E-state index contributed by atoms with van der Waals surface area (Å²) in [5.74, 6) is -2.01. The van der Waals surface area contributed by atoms with Crippen LogP contribution in [0.25, 0.3) is 0 Å². The van der Waals surface area contributed by atoms with E-state index in [4.69, 9.17) is 10.6 Å². The van der Waals surface area contributed by atoms with Gasteiger partial charge in [-0.05, 0) is 12.1 Å². The van der Waals surface area contributed by atoms with Crippen LogP contribution in [0.3, 0.4) is 0 Å². The first-order valence-electron chi connectivity index (χ1n) is 6.86. The van der Waals surface area contributed by atoms with Gasteiger partial charge in [-0.2, -0.15) is 0 Å². The van der Waals surface area contributed by atoms with Crippen LogP contribution >= 0.6 is 0 Å². The molecule has 3 amide bonds. The van der Waals surface area contributed by atoms with Gasteiger partial charge in [-0.25, -0.2) is 5.06 Å². The van der Waals surface area contributed by atoms with Crippen LogP contribution in [0.15, 0.2) is 30.3 Å². The summed E-state index contributed by atoms with van der Waals surface area (Å²) in [6, 6.07) is 8.95. The second-order valence-electron chi connectivity index (χ2n) is 5.17. The van der Waals surface area contributed by atoms with Gasteiger partial charge in [-0.1, -0.05) is 18.2 Å². The molecule has 1 aromatic carbocycles. The summed E-state index contributed by atoms with van der Waals surface area (Å²) < 4.78 is 0. The number of nitrogens with zero attached hydrogens (tertiary/aromatic N) is 2. The molecule has 3 N–H and O–H groups in total.